The Kier molecular flexibility index (Phi) is 11.4. The summed E-state index contributed by atoms with van der Waals surface area (Å²) in [5.41, 5.74) is 6.05. The Morgan fingerprint density at radius 3 is 2.48 bits per heavy atom. The number of carbonyl (C=O) groups is 1. The Morgan fingerprint density at radius 1 is 1.16 bits per heavy atom. The highest BCUT2D eigenvalue weighted by atomic mass is 35.5. The van der Waals surface area contributed by atoms with Gasteiger partial charge < -0.3 is 20.5 Å². The number of benzene rings is 1. The maximum atomic E-state index is 11.3. The summed E-state index contributed by atoms with van der Waals surface area (Å²) < 4.78 is 11.3. The first-order chi connectivity index (χ1) is 11.2. The Morgan fingerprint density at radius 2 is 1.84 bits per heavy atom. The fourth-order valence-corrected chi connectivity index (χ4v) is 1.85. The third-order valence-electron chi connectivity index (χ3n) is 3.02. The third kappa shape index (κ3) is 7.60. The molecule has 1 aromatic carbocycles. The summed E-state index contributed by atoms with van der Waals surface area (Å²) in [6.45, 7) is 3.02. The first kappa shape index (κ1) is 23.0. The number of nitrogens with two attached hydrogens (primary N) is 1. The largest absolute Gasteiger partial charge is 0.494 e. The molecule has 25 heavy (non-hydrogen) atoms. The molecule has 0 fully saturated rings. The minimum Gasteiger partial charge on any atom is -0.494 e. The van der Waals surface area contributed by atoms with Gasteiger partial charge in [-0.2, -0.15) is 0 Å². The van der Waals surface area contributed by atoms with E-state index >= 15 is 0 Å². The van der Waals surface area contributed by atoms with Crippen LogP contribution in [0.4, 0.5) is 0 Å². The molecule has 0 radical (unpaired) electrons. The number of halogens is 2. The van der Waals surface area contributed by atoms with Gasteiger partial charge in [-0.1, -0.05) is 13.0 Å². The second kappa shape index (κ2) is 12.4. The smallest absolute Gasteiger partial charge is 0.234 e. The lowest BCUT2D eigenvalue weighted by Gasteiger charge is -2.11. The van der Waals surface area contributed by atoms with Crippen molar-refractivity contribution >= 4 is 30.7 Å². The molecule has 2 aromatic rings. The van der Waals surface area contributed by atoms with Crippen molar-refractivity contribution in [2.75, 3.05) is 13.2 Å². The molecule has 0 bridgehead atoms. The molecule has 8 heteroatoms. The molecule has 0 unspecified atom stereocenters. The molecule has 1 aromatic heterocycles. The Hall–Kier alpha value is -2.02. The van der Waals surface area contributed by atoms with E-state index in [1.807, 2.05) is 30.3 Å². The van der Waals surface area contributed by atoms with Gasteiger partial charge >= 0.3 is 0 Å². The van der Waals surface area contributed by atoms with E-state index in [1.54, 1.807) is 12.3 Å². The van der Waals surface area contributed by atoms with Crippen LogP contribution in [0.25, 0.3) is 0 Å². The highest BCUT2D eigenvalue weighted by Crippen LogP contribution is 2.25. The first-order valence-electron chi connectivity index (χ1n) is 7.54. The minimum atomic E-state index is -0.225. The van der Waals surface area contributed by atoms with Gasteiger partial charge in [0.1, 0.15) is 11.5 Å². The summed E-state index contributed by atoms with van der Waals surface area (Å²) in [7, 11) is 0. The van der Waals surface area contributed by atoms with Crippen LogP contribution in [0.5, 0.6) is 17.4 Å². The Bertz CT molecular complexity index is 639. The lowest BCUT2D eigenvalue weighted by molar-refractivity contribution is -0.119. The monoisotopic (exact) mass is 387 g/mol. The standard InChI is InChI=1S/C17H21N3O3.2ClH/c1-2-10-22-14-5-7-15(8-6-14)23-17-13(4-3-9-19-17)12-20-16(21)11-18;;/h3-9H,2,10-12,18H2,1H3,(H,20,21);2*1H. The van der Waals surface area contributed by atoms with Crippen LogP contribution < -0.4 is 20.5 Å². The maximum Gasteiger partial charge on any atom is 0.234 e. The summed E-state index contributed by atoms with van der Waals surface area (Å²) >= 11 is 0. The van der Waals surface area contributed by atoms with Gasteiger partial charge in [0.25, 0.3) is 0 Å². The summed E-state index contributed by atoms with van der Waals surface area (Å²) in [5.74, 6) is 1.68. The van der Waals surface area contributed by atoms with Crippen molar-refractivity contribution in [3.63, 3.8) is 0 Å². The lowest BCUT2D eigenvalue weighted by Crippen LogP contribution is -2.29. The van der Waals surface area contributed by atoms with Gasteiger partial charge in [-0.25, -0.2) is 4.98 Å². The van der Waals surface area contributed by atoms with Crippen molar-refractivity contribution in [1.82, 2.24) is 10.3 Å². The highest BCUT2D eigenvalue weighted by molar-refractivity contribution is 5.85. The molecule has 0 aliphatic rings. The van der Waals surface area contributed by atoms with E-state index in [1.165, 1.54) is 0 Å². The van der Waals surface area contributed by atoms with Crippen molar-refractivity contribution in [3.8, 4) is 17.4 Å². The van der Waals surface area contributed by atoms with E-state index in [2.05, 4.69) is 17.2 Å². The van der Waals surface area contributed by atoms with Gasteiger partial charge in [-0.15, -0.1) is 24.8 Å². The van der Waals surface area contributed by atoms with Gasteiger partial charge in [0.2, 0.25) is 11.8 Å². The SMILES string of the molecule is CCCOc1ccc(Oc2ncccc2CNC(=O)CN)cc1.Cl.Cl. The maximum absolute atomic E-state index is 11.3. The number of rotatable bonds is 8. The zero-order valence-corrected chi connectivity index (χ0v) is 15.6. The number of ether oxygens (including phenoxy) is 2. The fraction of sp³-hybridized carbons (Fsp3) is 0.294. The van der Waals surface area contributed by atoms with Crippen LogP contribution in [0.15, 0.2) is 42.6 Å². The minimum absolute atomic E-state index is 0. The molecular weight excluding hydrogens is 365 g/mol. The summed E-state index contributed by atoms with van der Waals surface area (Å²) in [6.07, 6.45) is 2.60. The number of hydrogen-bond donors (Lipinski definition) is 2. The van der Waals surface area contributed by atoms with E-state index in [9.17, 15) is 4.79 Å². The molecule has 1 amide bonds. The van der Waals surface area contributed by atoms with Crippen LogP contribution in [0, 0.1) is 0 Å². The lowest BCUT2D eigenvalue weighted by atomic mass is 10.2. The Labute approximate surface area is 159 Å². The predicted molar refractivity (Wildman–Crippen MR) is 102 cm³/mol. The van der Waals surface area contributed by atoms with Gasteiger partial charge in [0, 0.05) is 18.3 Å². The molecule has 3 N–H and O–H groups in total. The number of amides is 1. The van der Waals surface area contributed by atoms with Crippen LogP contribution >= 0.6 is 24.8 Å². The molecule has 1 heterocycles. The molecule has 0 spiro atoms. The average molecular weight is 388 g/mol. The van der Waals surface area contributed by atoms with Crippen molar-refractivity contribution in [2.24, 2.45) is 5.73 Å². The third-order valence-corrected chi connectivity index (χ3v) is 3.02. The fourth-order valence-electron chi connectivity index (χ4n) is 1.85. The van der Waals surface area contributed by atoms with Gasteiger partial charge in [-0.05, 0) is 36.8 Å². The summed E-state index contributed by atoms with van der Waals surface area (Å²) in [5, 5.41) is 2.70. The molecule has 0 aliphatic carbocycles. The van der Waals surface area contributed by atoms with E-state index in [-0.39, 0.29) is 37.3 Å². The number of pyridine rings is 1. The van der Waals surface area contributed by atoms with Gasteiger partial charge in [0.05, 0.1) is 13.2 Å². The summed E-state index contributed by atoms with van der Waals surface area (Å²) in [6, 6.07) is 11.0. The van der Waals surface area contributed by atoms with Crippen molar-refractivity contribution in [1.29, 1.82) is 0 Å². The number of hydrogen-bond acceptors (Lipinski definition) is 5. The number of nitrogens with one attached hydrogen (secondary N) is 1. The van der Waals surface area contributed by atoms with Crippen LogP contribution in [0.3, 0.4) is 0 Å². The number of nitrogens with zero attached hydrogens (tertiary/aromatic N) is 1. The van der Waals surface area contributed by atoms with Crippen molar-refractivity contribution in [3.05, 3.63) is 48.2 Å². The van der Waals surface area contributed by atoms with Crippen LogP contribution in [-0.4, -0.2) is 24.0 Å². The van der Waals surface area contributed by atoms with E-state index in [0.717, 1.165) is 17.7 Å². The molecule has 0 atom stereocenters. The Balaban J connectivity index is 0.00000288. The zero-order valence-electron chi connectivity index (χ0n) is 13.9. The van der Waals surface area contributed by atoms with Crippen molar-refractivity contribution in [2.45, 2.75) is 19.9 Å². The number of aromatic nitrogens is 1. The zero-order chi connectivity index (χ0) is 16.5. The second-order valence-electron chi connectivity index (χ2n) is 4.87. The van der Waals surface area contributed by atoms with E-state index in [0.29, 0.717) is 24.8 Å². The quantitative estimate of drug-likeness (QED) is 0.726. The van der Waals surface area contributed by atoms with Crippen LogP contribution in [-0.2, 0) is 11.3 Å². The molecular formula is C17H23Cl2N3O3. The molecule has 138 valence electrons. The van der Waals surface area contributed by atoms with Crippen molar-refractivity contribution < 1.29 is 14.3 Å². The van der Waals surface area contributed by atoms with Crippen LogP contribution in [0.2, 0.25) is 0 Å². The first-order valence-corrected chi connectivity index (χ1v) is 7.54. The van der Waals surface area contributed by atoms with E-state index in [4.69, 9.17) is 15.2 Å². The molecule has 0 aliphatic heterocycles. The second-order valence-corrected chi connectivity index (χ2v) is 4.87. The predicted octanol–water partition coefficient (Wildman–Crippen LogP) is 3.08. The molecule has 0 saturated heterocycles. The average Bonchev–Trinajstić information content (AvgIpc) is 2.60. The van der Waals surface area contributed by atoms with Gasteiger partial charge in [0.15, 0.2) is 0 Å². The molecule has 0 saturated carbocycles. The molecule has 6 nitrogen and oxygen atoms in total. The van der Waals surface area contributed by atoms with Gasteiger partial charge in [-0.3, -0.25) is 4.79 Å². The number of carbonyl (C=O) groups excluding carboxylic acids is 1. The topological polar surface area (TPSA) is 86.5 Å². The normalized spacial score (nSPS) is 9.36. The highest BCUT2D eigenvalue weighted by Gasteiger charge is 2.07. The van der Waals surface area contributed by atoms with E-state index < -0.39 is 0 Å². The molecule has 2 rings (SSSR count). The summed E-state index contributed by atoms with van der Waals surface area (Å²) in [4.78, 5) is 15.5. The van der Waals surface area contributed by atoms with Crippen LogP contribution in [0.1, 0.15) is 18.9 Å².